The van der Waals surface area contributed by atoms with Gasteiger partial charge < -0.3 is 4.90 Å². The van der Waals surface area contributed by atoms with Gasteiger partial charge in [-0.3, -0.25) is 15.1 Å². The summed E-state index contributed by atoms with van der Waals surface area (Å²) in [4.78, 5) is 17.6. The van der Waals surface area contributed by atoms with Crippen molar-refractivity contribution in [2.45, 2.75) is 58.9 Å². The second-order valence-corrected chi connectivity index (χ2v) is 8.37. The van der Waals surface area contributed by atoms with E-state index >= 15 is 0 Å². The molecule has 0 fully saturated rings. The number of benzene rings is 2. The maximum Gasteiger partial charge on any atom is 0.271 e. The fourth-order valence-electron chi connectivity index (χ4n) is 4.27. The Morgan fingerprint density at radius 3 is 2.75 bits per heavy atom. The molecule has 1 atom stereocenters. The molecule has 0 bridgehead atoms. The summed E-state index contributed by atoms with van der Waals surface area (Å²) in [6, 6.07) is 10.9. The van der Waals surface area contributed by atoms with Gasteiger partial charge in [-0.1, -0.05) is 19.9 Å². The number of nitro groups is 1. The zero-order valence-electron chi connectivity index (χ0n) is 17.4. The minimum atomic E-state index is -0.394. The van der Waals surface area contributed by atoms with E-state index in [-0.39, 0.29) is 11.2 Å². The topological polar surface area (TPSA) is 58.7 Å². The lowest BCUT2D eigenvalue weighted by Gasteiger charge is -2.48. The highest BCUT2D eigenvalue weighted by Crippen LogP contribution is 2.44. The Labute approximate surface area is 167 Å². The van der Waals surface area contributed by atoms with E-state index in [0.717, 1.165) is 24.9 Å². The number of nitrogens with zero attached hydrogens (tertiary/aromatic N) is 3. The molecule has 28 heavy (non-hydrogen) atoms. The molecule has 5 nitrogen and oxygen atoms in total. The molecule has 0 radical (unpaired) electrons. The lowest BCUT2D eigenvalue weighted by Crippen LogP contribution is -2.48. The molecule has 5 heteroatoms. The van der Waals surface area contributed by atoms with Crippen LogP contribution in [0.2, 0.25) is 0 Å². The Balaban J connectivity index is 1.98. The number of hydrogen-bond acceptors (Lipinski definition) is 4. The van der Waals surface area contributed by atoms with Gasteiger partial charge in [0.25, 0.3) is 5.69 Å². The van der Waals surface area contributed by atoms with E-state index in [1.165, 1.54) is 28.9 Å². The zero-order chi connectivity index (χ0) is 20.5. The summed E-state index contributed by atoms with van der Waals surface area (Å²) in [7, 11) is 0. The van der Waals surface area contributed by atoms with Crippen LogP contribution < -0.4 is 4.90 Å². The van der Waals surface area contributed by atoms with Crippen molar-refractivity contribution in [1.82, 2.24) is 0 Å². The van der Waals surface area contributed by atoms with Crippen molar-refractivity contribution in [3.63, 3.8) is 0 Å². The van der Waals surface area contributed by atoms with Crippen LogP contribution in [0.5, 0.6) is 0 Å². The van der Waals surface area contributed by atoms with Crippen molar-refractivity contribution in [3.8, 4) is 0 Å². The van der Waals surface area contributed by atoms with Crippen LogP contribution in [0.15, 0.2) is 41.4 Å². The standard InChI is InChI=1S/C23H29N3O2/c1-6-10-25-22-11-16(2)18(12-21(22)17(3)14-23(25,4)5)15-24-19-8-7-9-20(13-19)26(27)28/h7-9,11-13,15,17H,6,10,14H2,1-5H3. The van der Waals surface area contributed by atoms with Crippen molar-refractivity contribution in [2.24, 2.45) is 4.99 Å². The average Bonchev–Trinajstić information content (AvgIpc) is 2.63. The average molecular weight is 380 g/mol. The number of non-ortho nitro benzene ring substituents is 1. The first-order valence-electron chi connectivity index (χ1n) is 9.93. The van der Waals surface area contributed by atoms with Crippen LogP contribution in [-0.4, -0.2) is 23.2 Å². The molecule has 148 valence electrons. The van der Waals surface area contributed by atoms with Gasteiger partial charge in [-0.15, -0.1) is 0 Å². The highest BCUT2D eigenvalue weighted by atomic mass is 16.6. The molecule has 2 aromatic rings. The van der Waals surface area contributed by atoms with Crippen molar-refractivity contribution in [3.05, 3.63) is 63.2 Å². The highest BCUT2D eigenvalue weighted by Gasteiger charge is 2.36. The van der Waals surface area contributed by atoms with Gasteiger partial charge >= 0.3 is 0 Å². The van der Waals surface area contributed by atoms with E-state index in [1.807, 2.05) is 6.21 Å². The van der Waals surface area contributed by atoms with E-state index in [4.69, 9.17) is 0 Å². The minimum Gasteiger partial charge on any atom is -0.366 e. The third-order valence-electron chi connectivity index (χ3n) is 5.61. The maximum atomic E-state index is 11.0. The van der Waals surface area contributed by atoms with Crippen LogP contribution >= 0.6 is 0 Å². The molecule has 0 saturated carbocycles. The molecule has 0 spiro atoms. The third-order valence-corrected chi connectivity index (χ3v) is 5.61. The molecule has 0 aliphatic carbocycles. The predicted molar refractivity (Wildman–Crippen MR) is 116 cm³/mol. The largest absolute Gasteiger partial charge is 0.366 e. The summed E-state index contributed by atoms with van der Waals surface area (Å²) in [5.41, 5.74) is 5.71. The number of fused-ring (bicyclic) bond motifs is 1. The third kappa shape index (κ3) is 3.93. The number of rotatable bonds is 5. The van der Waals surface area contributed by atoms with Crippen LogP contribution in [0.25, 0.3) is 0 Å². The van der Waals surface area contributed by atoms with Gasteiger partial charge in [0.1, 0.15) is 0 Å². The number of anilines is 1. The molecule has 0 N–H and O–H groups in total. The smallest absolute Gasteiger partial charge is 0.271 e. The first-order chi connectivity index (χ1) is 13.2. The second kappa shape index (κ2) is 7.74. The highest BCUT2D eigenvalue weighted by molar-refractivity contribution is 5.86. The SMILES string of the molecule is CCCN1c2cc(C)c(C=Nc3cccc([N+](=O)[O-])c3)cc2C(C)CC1(C)C. The molecular formula is C23H29N3O2. The maximum absolute atomic E-state index is 11.0. The quantitative estimate of drug-likeness (QED) is 0.355. The lowest BCUT2D eigenvalue weighted by molar-refractivity contribution is -0.384. The van der Waals surface area contributed by atoms with Crippen LogP contribution in [0, 0.1) is 17.0 Å². The molecule has 3 rings (SSSR count). The summed E-state index contributed by atoms with van der Waals surface area (Å²) in [6.45, 7) is 12.3. The summed E-state index contributed by atoms with van der Waals surface area (Å²) in [6.07, 6.45) is 4.06. The Bertz CT molecular complexity index is 918. The Kier molecular flexibility index (Phi) is 5.54. The van der Waals surface area contributed by atoms with Gasteiger partial charge in [0.15, 0.2) is 0 Å². The second-order valence-electron chi connectivity index (χ2n) is 8.37. The first kappa shape index (κ1) is 20.1. The normalized spacial score (nSPS) is 18.3. The zero-order valence-corrected chi connectivity index (χ0v) is 17.4. The first-order valence-corrected chi connectivity index (χ1v) is 9.93. The van der Waals surface area contributed by atoms with Gasteiger partial charge in [-0.25, -0.2) is 0 Å². The molecule has 1 unspecified atom stereocenters. The van der Waals surface area contributed by atoms with Crippen LogP contribution in [0.1, 0.15) is 63.1 Å². The van der Waals surface area contributed by atoms with Gasteiger partial charge in [0.2, 0.25) is 0 Å². The number of nitro benzene ring substituents is 1. The number of aliphatic imine (C=N–C) groups is 1. The Morgan fingerprint density at radius 1 is 1.32 bits per heavy atom. The number of hydrogen-bond donors (Lipinski definition) is 0. The minimum absolute atomic E-state index is 0.0582. The lowest BCUT2D eigenvalue weighted by atomic mass is 9.79. The van der Waals surface area contributed by atoms with E-state index in [9.17, 15) is 10.1 Å². The van der Waals surface area contributed by atoms with Crippen molar-refractivity contribution in [1.29, 1.82) is 0 Å². The summed E-state index contributed by atoms with van der Waals surface area (Å²) < 4.78 is 0. The molecule has 1 heterocycles. The summed E-state index contributed by atoms with van der Waals surface area (Å²) in [5, 5.41) is 11.0. The fraction of sp³-hybridized carbons (Fsp3) is 0.435. The molecule has 1 aliphatic heterocycles. The fourth-order valence-corrected chi connectivity index (χ4v) is 4.27. The van der Waals surface area contributed by atoms with Gasteiger partial charge in [0.05, 0.1) is 10.6 Å². The predicted octanol–water partition coefficient (Wildman–Crippen LogP) is 6.16. The van der Waals surface area contributed by atoms with E-state index in [1.54, 1.807) is 12.1 Å². The molecular weight excluding hydrogens is 350 g/mol. The molecule has 0 aromatic heterocycles. The summed E-state index contributed by atoms with van der Waals surface area (Å²) in [5.74, 6) is 0.476. The van der Waals surface area contributed by atoms with Crippen molar-refractivity contribution >= 4 is 23.3 Å². The van der Waals surface area contributed by atoms with Crippen LogP contribution in [0.4, 0.5) is 17.1 Å². The van der Waals surface area contributed by atoms with E-state index < -0.39 is 4.92 Å². The molecule has 1 aliphatic rings. The summed E-state index contributed by atoms with van der Waals surface area (Å²) >= 11 is 0. The number of aryl methyl sites for hydroxylation is 1. The Hall–Kier alpha value is -2.69. The monoisotopic (exact) mass is 379 g/mol. The Morgan fingerprint density at radius 2 is 2.07 bits per heavy atom. The van der Waals surface area contributed by atoms with Gasteiger partial charge in [-0.05, 0) is 74.4 Å². The molecule has 0 saturated heterocycles. The van der Waals surface area contributed by atoms with Crippen LogP contribution in [-0.2, 0) is 0 Å². The van der Waals surface area contributed by atoms with Crippen molar-refractivity contribution < 1.29 is 4.92 Å². The van der Waals surface area contributed by atoms with Gasteiger partial charge in [0, 0.05) is 36.1 Å². The molecule has 0 amide bonds. The van der Waals surface area contributed by atoms with Gasteiger partial charge in [-0.2, -0.15) is 0 Å². The van der Waals surface area contributed by atoms with Crippen molar-refractivity contribution in [2.75, 3.05) is 11.4 Å². The molecule has 2 aromatic carbocycles. The van der Waals surface area contributed by atoms with E-state index in [0.29, 0.717) is 11.6 Å². The van der Waals surface area contributed by atoms with E-state index in [2.05, 4.69) is 56.6 Å². The van der Waals surface area contributed by atoms with Crippen LogP contribution in [0.3, 0.4) is 0 Å².